The van der Waals surface area contributed by atoms with Crippen molar-refractivity contribution in [1.29, 1.82) is 0 Å². The molecular formula is C16H10BrFN2O3. The third kappa shape index (κ3) is 2.49. The summed E-state index contributed by atoms with van der Waals surface area (Å²) in [6.45, 7) is 0. The Kier molecular flexibility index (Phi) is 3.65. The molecule has 0 bridgehead atoms. The molecule has 0 aliphatic heterocycles. The molecule has 116 valence electrons. The SMILES string of the molecule is NC(=O)c1c(O)c2ccc(Br)cc2n(-c2ccc(F)cc2)c1=O. The maximum Gasteiger partial charge on any atom is 0.272 e. The Morgan fingerprint density at radius 2 is 1.83 bits per heavy atom. The molecule has 0 aliphatic rings. The molecule has 3 rings (SSSR count). The highest BCUT2D eigenvalue weighted by atomic mass is 79.9. The molecule has 0 atom stereocenters. The molecule has 1 aromatic heterocycles. The maximum atomic E-state index is 13.1. The van der Waals surface area contributed by atoms with Crippen molar-refractivity contribution in [3.05, 3.63) is 68.7 Å². The Morgan fingerprint density at radius 1 is 1.17 bits per heavy atom. The number of nitrogens with two attached hydrogens (primary N) is 1. The van der Waals surface area contributed by atoms with E-state index >= 15 is 0 Å². The number of aromatic nitrogens is 1. The molecule has 5 nitrogen and oxygen atoms in total. The van der Waals surface area contributed by atoms with Crippen LogP contribution in [0.4, 0.5) is 4.39 Å². The van der Waals surface area contributed by atoms with Gasteiger partial charge >= 0.3 is 0 Å². The molecule has 7 heteroatoms. The van der Waals surface area contributed by atoms with Crippen molar-refractivity contribution in [1.82, 2.24) is 4.57 Å². The molecule has 3 N–H and O–H groups in total. The fourth-order valence-electron chi connectivity index (χ4n) is 2.42. The lowest BCUT2D eigenvalue weighted by Gasteiger charge is -2.14. The molecule has 0 unspecified atom stereocenters. The van der Waals surface area contributed by atoms with Gasteiger partial charge in [-0.1, -0.05) is 15.9 Å². The fourth-order valence-corrected chi connectivity index (χ4v) is 2.76. The molecule has 0 fully saturated rings. The second-order valence-electron chi connectivity index (χ2n) is 4.87. The highest BCUT2D eigenvalue weighted by molar-refractivity contribution is 9.10. The van der Waals surface area contributed by atoms with E-state index < -0.39 is 28.6 Å². The van der Waals surface area contributed by atoms with Crippen LogP contribution in [0.15, 0.2) is 51.7 Å². The van der Waals surface area contributed by atoms with Crippen molar-refractivity contribution in [3.63, 3.8) is 0 Å². The Bertz CT molecular complexity index is 997. The summed E-state index contributed by atoms with van der Waals surface area (Å²) in [4.78, 5) is 24.2. The predicted molar refractivity (Wildman–Crippen MR) is 87.4 cm³/mol. The van der Waals surface area contributed by atoms with E-state index in [1.165, 1.54) is 28.8 Å². The van der Waals surface area contributed by atoms with E-state index in [-0.39, 0.29) is 5.39 Å². The lowest BCUT2D eigenvalue weighted by molar-refractivity contribution is 0.0996. The monoisotopic (exact) mass is 376 g/mol. The smallest absolute Gasteiger partial charge is 0.272 e. The van der Waals surface area contributed by atoms with Crippen LogP contribution in [0.5, 0.6) is 5.75 Å². The van der Waals surface area contributed by atoms with E-state index in [1.54, 1.807) is 18.2 Å². The van der Waals surface area contributed by atoms with Crippen LogP contribution >= 0.6 is 15.9 Å². The lowest BCUT2D eigenvalue weighted by Crippen LogP contribution is -2.29. The zero-order valence-corrected chi connectivity index (χ0v) is 13.2. The van der Waals surface area contributed by atoms with Crippen LogP contribution in [-0.2, 0) is 0 Å². The van der Waals surface area contributed by atoms with E-state index in [0.29, 0.717) is 15.7 Å². The van der Waals surface area contributed by atoms with Crippen molar-refractivity contribution < 1.29 is 14.3 Å². The average Bonchev–Trinajstić information content (AvgIpc) is 2.48. The highest BCUT2D eigenvalue weighted by Gasteiger charge is 2.21. The second kappa shape index (κ2) is 5.51. The number of primary amides is 1. The van der Waals surface area contributed by atoms with Crippen molar-refractivity contribution >= 4 is 32.7 Å². The summed E-state index contributed by atoms with van der Waals surface area (Å²) < 4.78 is 15.0. The van der Waals surface area contributed by atoms with E-state index in [9.17, 15) is 19.1 Å². The fraction of sp³-hybridized carbons (Fsp3) is 0. The van der Waals surface area contributed by atoms with Gasteiger partial charge in [-0.05, 0) is 42.5 Å². The average molecular weight is 377 g/mol. The first kappa shape index (κ1) is 15.2. The summed E-state index contributed by atoms with van der Waals surface area (Å²) in [5, 5.41) is 10.5. The van der Waals surface area contributed by atoms with Crippen LogP contribution in [0, 0.1) is 5.82 Å². The van der Waals surface area contributed by atoms with Crippen molar-refractivity contribution in [2.24, 2.45) is 5.73 Å². The number of amides is 1. The molecule has 0 aliphatic carbocycles. The van der Waals surface area contributed by atoms with Crippen molar-refractivity contribution in [3.8, 4) is 11.4 Å². The summed E-state index contributed by atoms with van der Waals surface area (Å²) >= 11 is 3.30. The van der Waals surface area contributed by atoms with Crippen molar-refractivity contribution in [2.45, 2.75) is 0 Å². The molecule has 0 saturated heterocycles. The molecule has 3 aromatic rings. The molecule has 0 saturated carbocycles. The summed E-state index contributed by atoms with van der Waals surface area (Å²) in [7, 11) is 0. The maximum absolute atomic E-state index is 13.1. The Balaban J connectivity index is 2.52. The number of hydrogen-bond donors (Lipinski definition) is 2. The number of rotatable bonds is 2. The first-order valence-electron chi connectivity index (χ1n) is 6.53. The number of carbonyl (C=O) groups is 1. The van der Waals surface area contributed by atoms with Crippen LogP contribution in [0.2, 0.25) is 0 Å². The van der Waals surface area contributed by atoms with Gasteiger partial charge in [0.25, 0.3) is 11.5 Å². The van der Waals surface area contributed by atoms with Gasteiger partial charge < -0.3 is 10.8 Å². The normalized spacial score (nSPS) is 10.9. The van der Waals surface area contributed by atoms with Gasteiger partial charge in [0.2, 0.25) is 0 Å². The summed E-state index contributed by atoms with van der Waals surface area (Å²) in [6, 6.07) is 10.0. The number of aromatic hydroxyl groups is 1. The topological polar surface area (TPSA) is 85.3 Å². The highest BCUT2D eigenvalue weighted by Crippen LogP contribution is 2.30. The molecule has 0 radical (unpaired) electrons. The minimum Gasteiger partial charge on any atom is -0.506 e. The Morgan fingerprint density at radius 3 is 2.43 bits per heavy atom. The van der Waals surface area contributed by atoms with E-state index in [4.69, 9.17) is 5.73 Å². The van der Waals surface area contributed by atoms with E-state index in [0.717, 1.165) is 0 Å². The largest absolute Gasteiger partial charge is 0.506 e. The van der Waals surface area contributed by atoms with Gasteiger partial charge in [-0.25, -0.2) is 4.39 Å². The number of pyridine rings is 1. The Labute approximate surface area is 137 Å². The van der Waals surface area contributed by atoms with Crippen molar-refractivity contribution in [2.75, 3.05) is 0 Å². The van der Waals surface area contributed by atoms with Gasteiger partial charge in [0.05, 0.1) is 5.52 Å². The first-order valence-corrected chi connectivity index (χ1v) is 7.32. The van der Waals surface area contributed by atoms with Crippen LogP contribution < -0.4 is 11.3 Å². The second-order valence-corrected chi connectivity index (χ2v) is 5.78. The molecule has 1 amide bonds. The van der Waals surface area contributed by atoms with Gasteiger partial charge in [0.15, 0.2) is 0 Å². The zero-order valence-electron chi connectivity index (χ0n) is 11.6. The molecule has 1 heterocycles. The number of halogens is 2. The predicted octanol–water partition coefficient (Wildman–Crippen LogP) is 2.70. The first-order chi connectivity index (χ1) is 10.9. The van der Waals surface area contributed by atoms with Crippen LogP contribution in [0.3, 0.4) is 0 Å². The number of hydrogen-bond acceptors (Lipinski definition) is 3. The van der Waals surface area contributed by atoms with Gasteiger partial charge in [-0.3, -0.25) is 14.2 Å². The van der Waals surface area contributed by atoms with Crippen LogP contribution in [0.25, 0.3) is 16.6 Å². The lowest BCUT2D eigenvalue weighted by atomic mass is 10.1. The summed E-state index contributed by atoms with van der Waals surface area (Å²) in [6.07, 6.45) is 0. The van der Waals surface area contributed by atoms with Gasteiger partial charge in [-0.15, -0.1) is 0 Å². The van der Waals surface area contributed by atoms with Crippen LogP contribution in [-0.4, -0.2) is 15.6 Å². The van der Waals surface area contributed by atoms with Crippen LogP contribution in [0.1, 0.15) is 10.4 Å². The summed E-state index contributed by atoms with van der Waals surface area (Å²) in [5.41, 5.74) is 4.65. The number of carbonyl (C=O) groups excluding carboxylic acids is 1. The molecule has 23 heavy (non-hydrogen) atoms. The third-order valence-corrected chi connectivity index (χ3v) is 3.93. The third-order valence-electron chi connectivity index (χ3n) is 3.44. The molecule has 2 aromatic carbocycles. The van der Waals surface area contributed by atoms with E-state index in [1.807, 2.05) is 0 Å². The quantitative estimate of drug-likeness (QED) is 0.720. The summed E-state index contributed by atoms with van der Waals surface area (Å²) in [5.74, 6) is -1.96. The minimum absolute atomic E-state index is 0.283. The molecular weight excluding hydrogens is 367 g/mol. The van der Waals surface area contributed by atoms with Gasteiger partial charge in [0.1, 0.15) is 17.1 Å². The molecule has 0 spiro atoms. The number of nitrogens with zero attached hydrogens (tertiary/aromatic N) is 1. The van der Waals surface area contributed by atoms with Gasteiger partial charge in [0, 0.05) is 15.5 Å². The zero-order chi connectivity index (χ0) is 16.7. The van der Waals surface area contributed by atoms with Gasteiger partial charge in [-0.2, -0.15) is 0 Å². The minimum atomic E-state index is -1.03. The number of benzene rings is 2. The number of fused-ring (bicyclic) bond motifs is 1. The van der Waals surface area contributed by atoms with E-state index in [2.05, 4.69) is 15.9 Å². The standard InChI is InChI=1S/C16H10BrFN2O3/c17-8-1-6-11-12(7-8)20(10-4-2-9(18)3-5-10)16(23)13(14(11)21)15(19)22/h1-7,21H,(H2,19,22). The Hall–Kier alpha value is -2.67.